The highest BCUT2D eigenvalue weighted by atomic mass is 19.1. The molecule has 0 fully saturated rings. The van der Waals surface area contributed by atoms with Crippen LogP contribution in [0.5, 0.6) is 0 Å². The minimum Gasteiger partial charge on any atom is -0.347 e. The molecule has 0 aliphatic rings. The van der Waals surface area contributed by atoms with Crippen molar-refractivity contribution in [1.29, 1.82) is 0 Å². The van der Waals surface area contributed by atoms with Crippen LogP contribution in [0.1, 0.15) is 0 Å². The first kappa shape index (κ1) is 17.4. The first-order chi connectivity index (χ1) is 10.4. The van der Waals surface area contributed by atoms with E-state index in [2.05, 4.69) is 20.9 Å². The molecule has 0 atom stereocenters. The lowest BCUT2D eigenvalue weighted by Crippen LogP contribution is -2.45. The van der Waals surface area contributed by atoms with Crippen LogP contribution in [0.3, 0.4) is 0 Å². The van der Waals surface area contributed by atoms with Crippen LogP contribution in [0.2, 0.25) is 0 Å². The summed E-state index contributed by atoms with van der Waals surface area (Å²) in [6.07, 6.45) is 0. The van der Waals surface area contributed by atoms with Crippen LogP contribution in [-0.2, 0) is 9.59 Å². The molecule has 0 aliphatic heterocycles. The second-order valence-corrected chi connectivity index (χ2v) is 4.62. The highest BCUT2D eigenvalue weighted by Crippen LogP contribution is 2.07. The zero-order valence-corrected chi connectivity index (χ0v) is 12.8. The molecule has 0 unspecified atom stereocenters. The summed E-state index contributed by atoms with van der Waals surface area (Å²) in [5.74, 6) is -0.456. The summed E-state index contributed by atoms with van der Waals surface area (Å²) in [6, 6.07) is 5.46. The Hall–Kier alpha value is -2.64. The minimum atomic E-state index is -0.369. The zero-order chi connectivity index (χ0) is 16.5. The van der Waals surface area contributed by atoms with Gasteiger partial charge in [-0.15, -0.1) is 0 Å². The van der Waals surface area contributed by atoms with Gasteiger partial charge in [0.15, 0.2) is 5.96 Å². The summed E-state index contributed by atoms with van der Waals surface area (Å²) in [5, 5.41) is 8.18. The number of nitrogens with one attached hydrogen (secondary N) is 3. The van der Waals surface area contributed by atoms with Gasteiger partial charge in [-0.1, -0.05) is 0 Å². The number of hydrogen-bond donors (Lipinski definition) is 3. The molecule has 0 radical (unpaired) electrons. The van der Waals surface area contributed by atoms with Crippen molar-refractivity contribution in [2.24, 2.45) is 4.99 Å². The third-order valence-corrected chi connectivity index (χ3v) is 2.67. The van der Waals surface area contributed by atoms with E-state index in [1.807, 2.05) is 0 Å². The maximum Gasteiger partial charge on any atom is 0.243 e. The average molecular weight is 309 g/mol. The van der Waals surface area contributed by atoms with Gasteiger partial charge in [0, 0.05) is 26.8 Å². The Labute approximate surface area is 128 Å². The molecule has 22 heavy (non-hydrogen) atoms. The van der Waals surface area contributed by atoms with Crippen molar-refractivity contribution in [3.8, 4) is 0 Å². The molecule has 0 aromatic heterocycles. The number of guanidine groups is 1. The molecule has 1 rings (SSSR count). The molecule has 0 bridgehead atoms. The fraction of sp³-hybridized carbons (Fsp3) is 0.357. The van der Waals surface area contributed by atoms with Gasteiger partial charge < -0.3 is 20.9 Å². The first-order valence-corrected chi connectivity index (χ1v) is 6.62. The number of anilines is 1. The summed E-state index contributed by atoms with van der Waals surface area (Å²) in [4.78, 5) is 28.5. The quantitative estimate of drug-likeness (QED) is 0.529. The number of carbonyl (C=O) groups is 2. The van der Waals surface area contributed by atoms with Crippen molar-refractivity contribution in [2.75, 3.05) is 39.5 Å². The minimum absolute atomic E-state index is 0.0345. The molecule has 3 N–H and O–H groups in total. The molecule has 120 valence electrons. The van der Waals surface area contributed by atoms with Crippen LogP contribution in [0.25, 0.3) is 0 Å². The largest absolute Gasteiger partial charge is 0.347 e. The lowest BCUT2D eigenvalue weighted by Gasteiger charge is -2.14. The summed E-state index contributed by atoms with van der Waals surface area (Å²) < 4.78 is 12.8. The zero-order valence-electron chi connectivity index (χ0n) is 12.8. The van der Waals surface area contributed by atoms with Crippen molar-refractivity contribution < 1.29 is 14.0 Å². The maximum atomic E-state index is 12.8. The predicted octanol–water partition coefficient (Wildman–Crippen LogP) is 0.0174. The SMILES string of the molecule is CN=C(NCC(=O)Nc1ccc(F)cc1)NCC(=O)N(C)C. The van der Waals surface area contributed by atoms with Gasteiger partial charge >= 0.3 is 0 Å². The smallest absolute Gasteiger partial charge is 0.243 e. The van der Waals surface area contributed by atoms with Crippen LogP contribution >= 0.6 is 0 Å². The van der Waals surface area contributed by atoms with E-state index >= 15 is 0 Å². The number of aliphatic imine (C=N–C) groups is 1. The monoisotopic (exact) mass is 309 g/mol. The van der Waals surface area contributed by atoms with Crippen LogP contribution < -0.4 is 16.0 Å². The Morgan fingerprint density at radius 1 is 1.14 bits per heavy atom. The molecular weight excluding hydrogens is 289 g/mol. The number of amides is 2. The van der Waals surface area contributed by atoms with E-state index in [-0.39, 0.29) is 30.7 Å². The third-order valence-electron chi connectivity index (χ3n) is 2.67. The number of benzene rings is 1. The van der Waals surface area contributed by atoms with E-state index in [1.54, 1.807) is 14.1 Å². The normalized spacial score (nSPS) is 10.8. The average Bonchev–Trinajstić information content (AvgIpc) is 2.49. The number of hydrogen-bond acceptors (Lipinski definition) is 3. The van der Waals surface area contributed by atoms with Crippen LogP contribution in [0, 0.1) is 5.82 Å². The maximum absolute atomic E-state index is 12.8. The fourth-order valence-electron chi connectivity index (χ4n) is 1.44. The topological polar surface area (TPSA) is 85.8 Å². The molecule has 0 saturated heterocycles. The lowest BCUT2D eigenvalue weighted by atomic mass is 10.3. The van der Waals surface area contributed by atoms with Gasteiger partial charge in [-0.25, -0.2) is 4.39 Å². The Kier molecular flexibility index (Phi) is 6.81. The summed E-state index contributed by atoms with van der Waals surface area (Å²) in [5.41, 5.74) is 0.499. The van der Waals surface area contributed by atoms with Gasteiger partial charge in [-0.05, 0) is 24.3 Å². The van der Waals surface area contributed by atoms with Crippen molar-refractivity contribution in [2.45, 2.75) is 0 Å². The van der Waals surface area contributed by atoms with Crippen LogP contribution in [0.15, 0.2) is 29.3 Å². The van der Waals surface area contributed by atoms with E-state index in [0.717, 1.165) is 0 Å². The molecule has 0 aliphatic carbocycles. The van der Waals surface area contributed by atoms with E-state index in [4.69, 9.17) is 0 Å². The molecule has 7 nitrogen and oxygen atoms in total. The second-order valence-electron chi connectivity index (χ2n) is 4.62. The summed E-state index contributed by atoms with van der Waals surface area (Å²) in [6.45, 7) is 0.0411. The van der Waals surface area contributed by atoms with Crippen LogP contribution in [0.4, 0.5) is 10.1 Å². The number of rotatable bonds is 5. The van der Waals surface area contributed by atoms with E-state index in [9.17, 15) is 14.0 Å². The van der Waals surface area contributed by atoms with Gasteiger partial charge in [0.2, 0.25) is 11.8 Å². The van der Waals surface area contributed by atoms with Crippen molar-refractivity contribution in [1.82, 2.24) is 15.5 Å². The second kappa shape index (κ2) is 8.60. The molecule has 1 aromatic rings. The Morgan fingerprint density at radius 3 is 2.27 bits per heavy atom. The third kappa shape index (κ3) is 6.21. The molecular formula is C14H20FN5O2. The number of carbonyl (C=O) groups excluding carboxylic acids is 2. The Bertz CT molecular complexity index is 543. The van der Waals surface area contributed by atoms with Crippen molar-refractivity contribution >= 4 is 23.5 Å². The number of likely N-dealkylation sites (N-methyl/N-ethyl adjacent to an activating group) is 1. The van der Waals surface area contributed by atoms with Crippen molar-refractivity contribution in [3.63, 3.8) is 0 Å². The Balaban J connectivity index is 2.38. The lowest BCUT2D eigenvalue weighted by molar-refractivity contribution is -0.127. The molecule has 0 saturated carbocycles. The van der Waals surface area contributed by atoms with Gasteiger partial charge in [0.25, 0.3) is 0 Å². The van der Waals surface area contributed by atoms with E-state index in [0.29, 0.717) is 11.6 Å². The molecule has 0 heterocycles. The van der Waals surface area contributed by atoms with Gasteiger partial charge in [0.05, 0.1) is 13.1 Å². The van der Waals surface area contributed by atoms with Crippen molar-refractivity contribution in [3.05, 3.63) is 30.1 Å². The first-order valence-electron chi connectivity index (χ1n) is 6.62. The van der Waals surface area contributed by atoms with Gasteiger partial charge in [0.1, 0.15) is 5.82 Å². The molecule has 0 spiro atoms. The summed E-state index contributed by atoms with van der Waals surface area (Å²) >= 11 is 0. The molecule has 8 heteroatoms. The fourth-order valence-corrected chi connectivity index (χ4v) is 1.44. The standard InChI is InChI=1S/C14H20FN5O2/c1-16-14(18-9-13(22)20(2)3)17-8-12(21)19-11-6-4-10(15)5-7-11/h4-7H,8-9H2,1-3H3,(H,19,21)(H2,16,17,18). The number of nitrogens with zero attached hydrogens (tertiary/aromatic N) is 2. The van der Waals surface area contributed by atoms with E-state index in [1.165, 1.54) is 36.2 Å². The Morgan fingerprint density at radius 2 is 1.73 bits per heavy atom. The predicted molar refractivity (Wildman–Crippen MR) is 83.1 cm³/mol. The summed E-state index contributed by atoms with van der Waals surface area (Å²) in [7, 11) is 4.83. The highest BCUT2D eigenvalue weighted by Gasteiger charge is 2.07. The number of halogens is 1. The molecule has 2 amide bonds. The van der Waals surface area contributed by atoms with Gasteiger partial charge in [-0.3, -0.25) is 14.6 Å². The molecule has 1 aromatic carbocycles. The van der Waals surface area contributed by atoms with Crippen LogP contribution in [-0.4, -0.2) is 56.9 Å². The van der Waals surface area contributed by atoms with Gasteiger partial charge in [-0.2, -0.15) is 0 Å². The highest BCUT2D eigenvalue weighted by molar-refractivity contribution is 5.95. The van der Waals surface area contributed by atoms with E-state index < -0.39 is 0 Å².